The Balaban J connectivity index is 1.39. The van der Waals surface area contributed by atoms with E-state index in [2.05, 4.69) is 35.8 Å². The van der Waals surface area contributed by atoms with Crippen molar-refractivity contribution in [3.63, 3.8) is 0 Å². The molecule has 0 aliphatic carbocycles. The van der Waals surface area contributed by atoms with Crippen LogP contribution in [0.15, 0.2) is 67.3 Å². The van der Waals surface area contributed by atoms with E-state index in [0.717, 1.165) is 11.3 Å². The van der Waals surface area contributed by atoms with E-state index in [-0.39, 0.29) is 11.9 Å². The first kappa shape index (κ1) is 18.6. The van der Waals surface area contributed by atoms with Gasteiger partial charge >= 0.3 is 0 Å². The Labute approximate surface area is 171 Å². The van der Waals surface area contributed by atoms with Crippen molar-refractivity contribution in [2.75, 3.05) is 10.6 Å². The van der Waals surface area contributed by atoms with Crippen molar-refractivity contribution in [1.29, 1.82) is 0 Å². The zero-order chi connectivity index (χ0) is 20.1. The average molecular weight is 403 g/mol. The molecule has 0 aromatic carbocycles. The third-order valence-electron chi connectivity index (χ3n) is 4.09. The molecule has 1 amide bonds. The summed E-state index contributed by atoms with van der Waals surface area (Å²) in [7, 11) is 0. The van der Waals surface area contributed by atoms with E-state index >= 15 is 0 Å². The van der Waals surface area contributed by atoms with Gasteiger partial charge in [-0.3, -0.25) is 20.1 Å². The molecule has 9 heteroatoms. The highest BCUT2D eigenvalue weighted by Crippen LogP contribution is 2.26. The Kier molecular flexibility index (Phi) is 5.48. The second kappa shape index (κ2) is 8.53. The molecule has 4 rings (SSSR count). The van der Waals surface area contributed by atoms with Gasteiger partial charge in [0.2, 0.25) is 5.13 Å². The Morgan fingerprint density at radius 1 is 1.00 bits per heavy atom. The third kappa shape index (κ3) is 4.58. The number of carbonyl (C=O) groups is 1. The molecule has 1 unspecified atom stereocenters. The summed E-state index contributed by atoms with van der Waals surface area (Å²) in [5.41, 5.74) is 2.25. The van der Waals surface area contributed by atoms with E-state index < -0.39 is 0 Å². The number of hydrogen-bond acceptors (Lipinski definition) is 8. The van der Waals surface area contributed by atoms with Crippen LogP contribution in [0.2, 0.25) is 0 Å². The van der Waals surface area contributed by atoms with Crippen LogP contribution in [0.25, 0.3) is 10.6 Å². The number of hydrogen-bond donors (Lipinski definition) is 2. The van der Waals surface area contributed by atoms with Gasteiger partial charge in [-0.15, -0.1) is 10.2 Å². The van der Waals surface area contributed by atoms with Gasteiger partial charge in [0, 0.05) is 30.4 Å². The molecular formula is C20H17N7OS. The van der Waals surface area contributed by atoms with Crippen molar-refractivity contribution >= 4 is 28.2 Å². The summed E-state index contributed by atoms with van der Waals surface area (Å²) in [6, 6.07) is 12.9. The lowest BCUT2D eigenvalue weighted by Crippen LogP contribution is -2.13. The first-order valence-corrected chi connectivity index (χ1v) is 9.69. The van der Waals surface area contributed by atoms with Gasteiger partial charge in [0.25, 0.3) is 5.91 Å². The fourth-order valence-corrected chi connectivity index (χ4v) is 3.34. The summed E-state index contributed by atoms with van der Waals surface area (Å²) in [5.74, 6) is 0.370. The van der Waals surface area contributed by atoms with Gasteiger partial charge in [0.1, 0.15) is 10.8 Å². The van der Waals surface area contributed by atoms with E-state index in [9.17, 15) is 4.79 Å². The van der Waals surface area contributed by atoms with Crippen molar-refractivity contribution in [2.45, 2.75) is 13.0 Å². The molecule has 144 valence electrons. The third-order valence-corrected chi connectivity index (χ3v) is 4.98. The fraction of sp³-hybridized carbons (Fsp3) is 0.100. The SMILES string of the molecule is CC(Nc1ccc(C(=O)Nc2nnc(-c3ccncc3)s2)cn1)c1ccccn1. The van der Waals surface area contributed by atoms with Crippen LogP contribution in [-0.4, -0.2) is 31.1 Å². The molecule has 0 saturated heterocycles. The van der Waals surface area contributed by atoms with Crippen LogP contribution in [0.3, 0.4) is 0 Å². The molecule has 2 N–H and O–H groups in total. The first-order valence-electron chi connectivity index (χ1n) is 8.88. The number of carbonyl (C=O) groups excluding carboxylic acids is 1. The summed E-state index contributed by atoms with van der Waals surface area (Å²) in [6.07, 6.45) is 6.64. The second-order valence-electron chi connectivity index (χ2n) is 6.16. The van der Waals surface area contributed by atoms with Crippen molar-refractivity contribution in [3.05, 3.63) is 78.5 Å². The van der Waals surface area contributed by atoms with Gasteiger partial charge in [-0.1, -0.05) is 17.4 Å². The molecular weight excluding hydrogens is 386 g/mol. The van der Waals surface area contributed by atoms with E-state index in [4.69, 9.17) is 0 Å². The molecule has 4 aromatic rings. The Hall–Kier alpha value is -3.72. The predicted molar refractivity (Wildman–Crippen MR) is 112 cm³/mol. The normalized spacial score (nSPS) is 11.6. The minimum absolute atomic E-state index is 0.00335. The standard InChI is InChI=1S/C20H17N7OS/c1-13(16-4-2-3-9-22-16)24-17-6-5-15(12-23-17)18(28)25-20-27-26-19(29-20)14-7-10-21-11-8-14/h2-13H,1H3,(H,23,24)(H,25,27,28). The predicted octanol–water partition coefficient (Wildman–Crippen LogP) is 3.82. The lowest BCUT2D eigenvalue weighted by molar-refractivity contribution is 0.102. The number of nitrogens with zero attached hydrogens (tertiary/aromatic N) is 5. The molecule has 1 atom stereocenters. The summed E-state index contributed by atoms with van der Waals surface area (Å²) in [6.45, 7) is 2.00. The van der Waals surface area contributed by atoms with Crippen molar-refractivity contribution in [3.8, 4) is 10.6 Å². The molecule has 4 heterocycles. The van der Waals surface area contributed by atoms with E-state index in [1.807, 2.05) is 37.3 Å². The summed E-state index contributed by atoms with van der Waals surface area (Å²) >= 11 is 1.30. The van der Waals surface area contributed by atoms with Gasteiger partial charge in [0.15, 0.2) is 0 Å². The van der Waals surface area contributed by atoms with Gasteiger partial charge in [0.05, 0.1) is 17.3 Å². The maximum atomic E-state index is 12.5. The maximum absolute atomic E-state index is 12.5. The van der Waals surface area contributed by atoms with Crippen molar-refractivity contribution < 1.29 is 4.79 Å². The molecule has 8 nitrogen and oxygen atoms in total. The molecule has 0 fully saturated rings. The van der Waals surface area contributed by atoms with Crippen LogP contribution in [0.1, 0.15) is 29.0 Å². The molecule has 0 bridgehead atoms. The van der Waals surface area contributed by atoms with E-state index in [0.29, 0.717) is 21.5 Å². The summed E-state index contributed by atoms with van der Waals surface area (Å²) < 4.78 is 0. The van der Waals surface area contributed by atoms with Crippen LogP contribution in [-0.2, 0) is 0 Å². The quantitative estimate of drug-likeness (QED) is 0.504. The molecule has 0 saturated carbocycles. The molecule has 0 radical (unpaired) electrons. The monoisotopic (exact) mass is 403 g/mol. The number of rotatable bonds is 6. The average Bonchev–Trinajstić information content (AvgIpc) is 3.24. The molecule has 0 spiro atoms. The van der Waals surface area contributed by atoms with Crippen LogP contribution in [0, 0.1) is 0 Å². The second-order valence-corrected chi connectivity index (χ2v) is 7.13. The van der Waals surface area contributed by atoms with Gasteiger partial charge in [-0.25, -0.2) is 4.98 Å². The minimum Gasteiger partial charge on any atom is -0.362 e. The Morgan fingerprint density at radius 3 is 2.59 bits per heavy atom. The van der Waals surface area contributed by atoms with Gasteiger partial charge < -0.3 is 5.32 Å². The molecule has 0 aliphatic heterocycles. The number of amides is 1. The fourth-order valence-electron chi connectivity index (χ4n) is 2.60. The van der Waals surface area contributed by atoms with Gasteiger partial charge in [-0.2, -0.15) is 0 Å². The van der Waals surface area contributed by atoms with Crippen molar-refractivity contribution in [2.24, 2.45) is 0 Å². The zero-order valence-corrected chi connectivity index (χ0v) is 16.3. The number of anilines is 2. The molecule has 0 aliphatic rings. The summed E-state index contributed by atoms with van der Waals surface area (Å²) in [5, 5.41) is 15.3. The Bertz CT molecular complexity index is 1080. The number of nitrogens with one attached hydrogen (secondary N) is 2. The number of pyridine rings is 3. The van der Waals surface area contributed by atoms with Gasteiger partial charge in [-0.05, 0) is 43.3 Å². The molecule has 4 aromatic heterocycles. The lowest BCUT2D eigenvalue weighted by Gasteiger charge is -2.13. The van der Waals surface area contributed by atoms with Crippen LogP contribution in [0.4, 0.5) is 10.9 Å². The van der Waals surface area contributed by atoms with Crippen LogP contribution >= 0.6 is 11.3 Å². The van der Waals surface area contributed by atoms with Crippen LogP contribution < -0.4 is 10.6 Å². The lowest BCUT2D eigenvalue weighted by atomic mass is 10.2. The highest BCUT2D eigenvalue weighted by atomic mass is 32.1. The van der Waals surface area contributed by atoms with E-state index in [1.165, 1.54) is 17.5 Å². The largest absolute Gasteiger partial charge is 0.362 e. The first-order chi connectivity index (χ1) is 14.2. The highest BCUT2D eigenvalue weighted by Gasteiger charge is 2.12. The summed E-state index contributed by atoms with van der Waals surface area (Å²) in [4.78, 5) is 25.1. The minimum atomic E-state index is -0.292. The number of aromatic nitrogens is 5. The highest BCUT2D eigenvalue weighted by molar-refractivity contribution is 7.18. The Morgan fingerprint density at radius 2 is 1.86 bits per heavy atom. The smallest absolute Gasteiger partial charge is 0.259 e. The molecule has 29 heavy (non-hydrogen) atoms. The van der Waals surface area contributed by atoms with E-state index in [1.54, 1.807) is 30.7 Å². The topological polar surface area (TPSA) is 106 Å². The van der Waals surface area contributed by atoms with Crippen LogP contribution in [0.5, 0.6) is 0 Å². The van der Waals surface area contributed by atoms with Crippen molar-refractivity contribution in [1.82, 2.24) is 25.1 Å². The maximum Gasteiger partial charge on any atom is 0.259 e. The zero-order valence-electron chi connectivity index (χ0n) is 15.5.